The van der Waals surface area contributed by atoms with Crippen LogP contribution in [-0.4, -0.2) is 25.6 Å². The minimum absolute atomic E-state index is 0.118. The molecule has 1 amide bonds. The Balaban J connectivity index is 1.52. The zero-order valence-electron chi connectivity index (χ0n) is 17.0. The number of anilines is 1. The first kappa shape index (κ1) is 21.8. The summed E-state index contributed by atoms with van der Waals surface area (Å²) >= 11 is 5.04. The quantitative estimate of drug-likeness (QED) is 0.389. The third-order valence-electron chi connectivity index (χ3n) is 4.99. The molecule has 1 N–H and O–H groups in total. The van der Waals surface area contributed by atoms with Crippen molar-refractivity contribution in [3.8, 4) is 5.75 Å². The lowest BCUT2D eigenvalue weighted by Gasteiger charge is -2.11. The number of hydrogen-bond acceptors (Lipinski definition) is 5. The van der Waals surface area contributed by atoms with Gasteiger partial charge in [0.05, 0.1) is 23.8 Å². The molecule has 7 heteroatoms. The van der Waals surface area contributed by atoms with Gasteiger partial charge in [-0.25, -0.2) is 4.79 Å². The number of halogens is 1. The molecule has 1 aromatic heterocycles. The molecule has 2 aromatic rings. The molecule has 1 heterocycles. The first-order valence-electron chi connectivity index (χ1n) is 9.85. The minimum Gasteiger partial charge on any atom is -0.492 e. The number of aryl methyl sites for hydroxylation is 1. The first-order valence-corrected chi connectivity index (χ1v) is 11.5. The van der Waals surface area contributed by atoms with Crippen LogP contribution in [0.25, 0.3) is 0 Å². The van der Waals surface area contributed by atoms with Crippen molar-refractivity contribution >= 4 is 44.1 Å². The highest BCUT2D eigenvalue weighted by Crippen LogP contribution is 2.39. The molecule has 29 heavy (non-hydrogen) atoms. The average Bonchev–Trinajstić information content (AvgIpc) is 3.26. The van der Waals surface area contributed by atoms with Gasteiger partial charge in [0.15, 0.2) is 0 Å². The van der Waals surface area contributed by atoms with Gasteiger partial charge in [-0.05, 0) is 70.8 Å². The minimum atomic E-state index is -0.377. The Morgan fingerprint density at radius 2 is 2.07 bits per heavy atom. The van der Waals surface area contributed by atoms with Gasteiger partial charge < -0.3 is 14.8 Å². The number of carbonyl (C=O) groups excluding carboxylic acids is 2. The Hall–Kier alpha value is -1.86. The summed E-state index contributed by atoms with van der Waals surface area (Å²) in [4.78, 5) is 25.7. The Kier molecular flexibility index (Phi) is 7.35. The van der Waals surface area contributed by atoms with Crippen LogP contribution in [0.15, 0.2) is 22.7 Å². The monoisotopic (exact) mass is 479 g/mol. The topological polar surface area (TPSA) is 64.6 Å². The maximum atomic E-state index is 12.4. The molecule has 0 bridgehead atoms. The van der Waals surface area contributed by atoms with Gasteiger partial charge in [0.2, 0.25) is 5.91 Å². The second kappa shape index (κ2) is 9.76. The molecule has 0 spiro atoms. The highest BCUT2D eigenvalue weighted by atomic mass is 79.9. The number of methoxy groups -OCH3 is 1. The smallest absolute Gasteiger partial charge is 0.341 e. The summed E-state index contributed by atoms with van der Waals surface area (Å²) < 4.78 is 11.6. The Morgan fingerprint density at radius 3 is 2.76 bits per heavy atom. The number of nitrogens with one attached hydrogen (secondary N) is 1. The number of hydrogen-bond donors (Lipinski definition) is 1. The van der Waals surface area contributed by atoms with Crippen molar-refractivity contribution in [3.05, 3.63) is 44.2 Å². The Labute approximate surface area is 183 Å². The van der Waals surface area contributed by atoms with Crippen molar-refractivity contribution in [2.75, 3.05) is 19.0 Å². The zero-order chi connectivity index (χ0) is 21.0. The molecule has 0 radical (unpaired) electrons. The predicted octanol–water partition coefficient (Wildman–Crippen LogP) is 5.71. The molecule has 0 saturated carbocycles. The molecule has 0 aliphatic heterocycles. The number of thiophene rings is 1. The fraction of sp³-hybridized carbons (Fsp3) is 0.455. The van der Waals surface area contributed by atoms with E-state index in [1.165, 1.54) is 28.9 Å². The third kappa shape index (κ3) is 5.20. The van der Waals surface area contributed by atoms with Gasteiger partial charge in [0.25, 0.3) is 0 Å². The van der Waals surface area contributed by atoms with E-state index in [4.69, 9.17) is 9.47 Å². The van der Waals surface area contributed by atoms with Gasteiger partial charge in [-0.1, -0.05) is 19.9 Å². The van der Waals surface area contributed by atoms with Crippen LogP contribution in [0.4, 0.5) is 5.00 Å². The third-order valence-corrected chi connectivity index (χ3v) is 6.82. The second-order valence-electron chi connectivity index (χ2n) is 7.40. The molecule has 5 nitrogen and oxygen atoms in total. The molecular formula is C22H26BrNO4S. The van der Waals surface area contributed by atoms with Gasteiger partial charge >= 0.3 is 5.97 Å². The molecule has 0 unspecified atom stereocenters. The summed E-state index contributed by atoms with van der Waals surface area (Å²) in [6.07, 6.45) is 3.78. The first-order chi connectivity index (χ1) is 13.9. The summed E-state index contributed by atoms with van der Waals surface area (Å²) in [6, 6.07) is 6.08. The van der Waals surface area contributed by atoms with Crippen LogP contribution in [0.1, 0.15) is 65.4 Å². The Bertz CT molecular complexity index is 906. The molecule has 0 saturated heterocycles. The highest BCUT2D eigenvalue weighted by molar-refractivity contribution is 9.10. The van der Waals surface area contributed by atoms with Crippen LogP contribution in [-0.2, 0) is 22.4 Å². The van der Waals surface area contributed by atoms with Crippen molar-refractivity contribution in [2.45, 2.75) is 51.9 Å². The fourth-order valence-corrected chi connectivity index (χ4v) is 5.21. The van der Waals surface area contributed by atoms with Gasteiger partial charge in [-0.3, -0.25) is 4.79 Å². The van der Waals surface area contributed by atoms with E-state index < -0.39 is 0 Å². The predicted molar refractivity (Wildman–Crippen MR) is 119 cm³/mol. The number of esters is 1. The standard InChI is InChI=1S/C22H26BrNO4S/c1-13(2)14-9-10-17(16(23)12-14)28-11-5-8-19(25)24-21-20(22(26)27-3)15-6-4-7-18(15)29-21/h9-10,12-13H,4-8,11H2,1-3H3,(H,24,25). The Morgan fingerprint density at radius 1 is 1.28 bits per heavy atom. The van der Waals surface area contributed by atoms with E-state index in [2.05, 4.69) is 47.2 Å². The maximum absolute atomic E-state index is 12.4. The van der Waals surface area contributed by atoms with Gasteiger partial charge in [0, 0.05) is 11.3 Å². The number of fused-ring (bicyclic) bond motifs is 1. The highest BCUT2D eigenvalue weighted by Gasteiger charge is 2.27. The van der Waals surface area contributed by atoms with Crippen LogP contribution in [0.2, 0.25) is 0 Å². The van der Waals surface area contributed by atoms with Gasteiger partial charge in [-0.15, -0.1) is 11.3 Å². The summed E-state index contributed by atoms with van der Waals surface area (Å²) in [6.45, 7) is 4.74. The van der Waals surface area contributed by atoms with Crippen LogP contribution in [0, 0.1) is 0 Å². The van der Waals surface area contributed by atoms with E-state index in [9.17, 15) is 9.59 Å². The van der Waals surface area contributed by atoms with E-state index in [1.54, 1.807) is 0 Å². The molecule has 156 valence electrons. The average molecular weight is 480 g/mol. The maximum Gasteiger partial charge on any atom is 0.341 e. The zero-order valence-corrected chi connectivity index (χ0v) is 19.4. The van der Waals surface area contributed by atoms with E-state index in [1.807, 2.05) is 6.07 Å². The van der Waals surface area contributed by atoms with Crippen LogP contribution in [0.3, 0.4) is 0 Å². The van der Waals surface area contributed by atoms with Crippen molar-refractivity contribution < 1.29 is 19.1 Å². The van der Waals surface area contributed by atoms with Crippen molar-refractivity contribution in [1.82, 2.24) is 0 Å². The number of ether oxygens (including phenoxy) is 2. The van der Waals surface area contributed by atoms with Gasteiger partial charge in [-0.2, -0.15) is 0 Å². The number of rotatable bonds is 8. The molecule has 1 aliphatic carbocycles. The van der Waals surface area contributed by atoms with E-state index >= 15 is 0 Å². The van der Waals surface area contributed by atoms with E-state index in [0.717, 1.165) is 35.0 Å². The van der Waals surface area contributed by atoms with Crippen molar-refractivity contribution in [3.63, 3.8) is 0 Å². The van der Waals surface area contributed by atoms with E-state index in [0.29, 0.717) is 35.9 Å². The number of carbonyl (C=O) groups is 2. The van der Waals surface area contributed by atoms with Crippen molar-refractivity contribution in [2.24, 2.45) is 0 Å². The largest absolute Gasteiger partial charge is 0.492 e. The summed E-state index contributed by atoms with van der Waals surface area (Å²) in [5.41, 5.74) is 2.81. The van der Waals surface area contributed by atoms with Crippen LogP contribution < -0.4 is 10.1 Å². The molecular weight excluding hydrogens is 454 g/mol. The number of benzene rings is 1. The van der Waals surface area contributed by atoms with Crippen molar-refractivity contribution in [1.29, 1.82) is 0 Å². The van der Waals surface area contributed by atoms with Crippen LogP contribution in [0.5, 0.6) is 5.75 Å². The van der Waals surface area contributed by atoms with Crippen LogP contribution >= 0.6 is 27.3 Å². The molecule has 0 atom stereocenters. The lowest BCUT2D eigenvalue weighted by molar-refractivity contribution is -0.116. The normalized spacial score (nSPS) is 12.7. The fourth-order valence-electron chi connectivity index (χ4n) is 3.41. The lowest BCUT2D eigenvalue weighted by Crippen LogP contribution is -2.15. The molecule has 1 aromatic carbocycles. The SMILES string of the molecule is COC(=O)c1c(NC(=O)CCCOc2ccc(C(C)C)cc2Br)sc2c1CCC2. The lowest BCUT2D eigenvalue weighted by atomic mass is 10.0. The summed E-state index contributed by atoms with van der Waals surface area (Å²) in [7, 11) is 1.37. The van der Waals surface area contributed by atoms with Gasteiger partial charge in [0.1, 0.15) is 10.8 Å². The molecule has 1 aliphatic rings. The summed E-state index contributed by atoms with van der Waals surface area (Å²) in [5, 5.41) is 3.51. The summed E-state index contributed by atoms with van der Waals surface area (Å²) in [5.74, 6) is 0.737. The van der Waals surface area contributed by atoms with E-state index in [-0.39, 0.29) is 11.9 Å². The molecule has 3 rings (SSSR count). The second-order valence-corrected chi connectivity index (χ2v) is 9.36. The number of amides is 1. The molecule has 0 fully saturated rings.